The van der Waals surface area contributed by atoms with E-state index in [4.69, 9.17) is 15.2 Å². The topological polar surface area (TPSA) is 44.5 Å². The molecule has 0 radical (unpaired) electrons. The van der Waals surface area contributed by atoms with Gasteiger partial charge < -0.3 is 15.2 Å². The molecule has 2 rings (SSSR count). The molecule has 17 heavy (non-hydrogen) atoms. The Kier molecular flexibility index (Phi) is 3.89. The van der Waals surface area contributed by atoms with E-state index in [-0.39, 0.29) is 6.04 Å². The zero-order valence-corrected chi connectivity index (χ0v) is 10.7. The fourth-order valence-corrected chi connectivity index (χ4v) is 2.42. The first-order valence-electron chi connectivity index (χ1n) is 6.42. The van der Waals surface area contributed by atoms with Crippen molar-refractivity contribution in [1.82, 2.24) is 0 Å². The lowest BCUT2D eigenvalue weighted by Crippen LogP contribution is -2.28. The lowest BCUT2D eigenvalue weighted by atomic mass is 9.87. The van der Waals surface area contributed by atoms with Crippen molar-refractivity contribution in [2.24, 2.45) is 5.73 Å². The van der Waals surface area contributed by atoms with Gasteiger partial charge in [0.15, 0.2) is 0 Å². The predicted octanol–water partition coefficient (Wildman–Crippen LogP) is 2.30. The smallest absolute Gasteiger partial charge is 0.123 e. The third kappa shape index (κ3) is 2.55. The summed E-state index contributed by atoms with van der Waals surface area (Å²) in [7, 11) is 0. The first-order chi connectivity index (χ1) is 8.26. The van der Waals surface area contributed by atoms with Crippen LogP contribution in [0.2, 0.25) is 0 Å². The van der Waals surface area contributed by atoms with Crippen molar-refractivity contribution >= 4 is 0 Å². The molecule has 3 nitrogen and oxygen atoms in total. The monoisotopic (exact) mass is 235 g/mol. The molecular formula is C14H21NO2. The van der Waals surface area contributed by atoms with Gasteiger partial charge in [-0.2, -0.15) is 0 Å². The molecule has 0 unspecified atom stereocenters. The van der Waals surface area contributed by atoms with Gasteiger partial charge in [-0.05, 0) is 45.2 Å². The first kappa shape index (κ1) is 12.2. The van der Waals surface area contributed by atoms with Gasteiger partial charge in [-0.25, -0.2) is 0 Å². The zero-order chi connectivity index (χ0) is 12.3. The van der Waals surface area contributed by atoms with Gasteiger partial charge in [-0.1, -0.05) is 0 Å². The van der Waals surface area contributed by atoms with Crippen molar-refractivity contribution in [3.05, 3.63) is 23.3 Å². The molecule has 1 aromatic rings. The molecule has 0 amide bonds. The molecule has 0 bridgehead atoms. The lowest BCUT2D eigenvalue weighted by molar-refractivity contribution is 0.319. The minimum absolute atomic E-state index is 0.249. The molecular weight excluding hydrogens is 214 g/mol. The number of nitrogens with two attached hydrogens (primary N) is 1. The van der Waals surface area contributed by atoms with E-state index >= 15 is 0 Å². The van der Waals surface area contributed by atoms with Crippen molar-refractivity contribution in [3.8, 4) is 11.5 Å². The average Bonchev–Trinajstić information content (AvgIpc) is 2.32. The van der Waals surface area contributed by atoms with Crippen LogP contribution in [0.25, 0.3) is 0 Å². The third-order valence-corrected chi connectivity index (χ3v) is 3.18. The van der Waals surface area contributed by atoms with Crippen LogP contribution < -0.4 is 15.2 Å². The van der Waals surface area contributed by atoms with E-state index in [2.05, 4.69) is 0 Å². The Labute approximate surface area is 103 Å². The minimum Gasteiger partial charge on any atom is -0.494 e. The number of hydrogen-bond acceptors (Lipinski definition) is 3. The molecule has 0 heterocycles. The average molecular weight is 235 g/mol. The number of rotatable bonds is 4. The maximum absolute atomic E-state index is 6.04. The summed E-state index contributed by atoms with van der Waals surface area (Å²) < 4.78 is 11.4. The number of fused-ring (bicyclic) bond motifs is 1. The van der Waals surface area contributed by atoms with Gasteiger partial charge in [0.1, 0.15) is 11.5 Å². The third-order valence-electron chi connectivity index (χ3n) is 3.18. The maximum atomic E-state index is 6.04. The van der Waals surface area contributed by atoms with Gasteiger partial charge in [0.25, 0.3) is 0 Å². The molecule has 2 N–H and O–H groups in total. The van der Waals surface area contributed by atoms with Crippen molar-refractivity contribution in [1.29, 1.82) is 0 Å². The van der Waals surface area contributed by atoms with E-state index in [0.29, 0.717) is 13.2 Å². The fraction of sp³-hybridized carbons (Fsp3) is 0.571. The van der Waals surface area contributed by atoms with Crippen LogP contribution in [0.15, 0.2) is 12.1 Å². The van der Waals surface area contributed by atoms with E-state index in [9.17, 15) is 0 Å². The molecule has 1 atom stereocenters. The molecule has 0 fully saturated rings. The quantitative estimate of drug-likeness (QED) is 0.871. The van der Waals surface area contributed by atoms with E-state index in [0.717, 1.165) is 30.8 Å². The van der Waals surface area contributed by atoms with Crippen molar-refractivity contribution in [2.75, 3.05) is 13.2 Å². The predicted molar refractivity (Wildman–Crippen MR) is 68.8 cm³/mol. The van der Waals surface area contributed by atoms with Crippen molar-refractivity contribution in [3.63, 3.8) is 0 Å². The van der Waals surface area contributed by atoms with Gasteiger partial charge in [-0.15, -0.1) is 0 Å². The van der Waals surface area contributed by atoms with Crippen LogP contribution in [0, 0.1) is 0 Å². The highest BCUT2D eigenvalue weighted by molar-refractivity contribution is 5.50. The Morgan fingerprint density at radius 1 is 1.12 bits per heavy atom. The molecule has 0 saturated carbocycles. The Bertz CT molecular complexity index is 390. The second kappa shape index (κ2) is 5.41. The molecule has 3 heteroatoms. The van der Waals surface area contributed by atoms with Gasteiger partial charge in [-0.3, -0.25) is 0 Å². The van der Waals surface area contributed by atoms with E-state index in [1.807, 2.05) is 26.0 Å². The summed E-state index contributed by atoms with van der Waals surface area (Å²) in [5, 5.41) is 0. The van der Waals surface area contributed by atoms with Gasteiger partial charge in [0.05, 0.1) is 13.2 Å². The number of benzene rings is 1. The van der Waals surface area contributed by atoms with Crippen LogP contribution in [-0.2, 0) is 12.8 Å². The second-order valence-corrected chi connectivity index (χ2v) is 4.39. The van der Waals surface area contributed by atoms with Crippen LogP contribution in [0.4, 0.5) is 0 Å². The largest absolute Gasteiger partial charge is 0.494 e. The summed E-state index contributed by atoms with van der Waals surface area (Å²) in [6.45, 7) is 5.41. The zero-order valence-electron chi connectivity index (χ0n) is 10.7. The van der Waals surface area contributed by atoms with Crippen molar-refractivity contribution < 1.29 is 9.47 Å². The molecule has 0 aromatic heterocycles. The molecule has 1 aromatic carbocycles. The second-order valence-electron chi connectivity index (χ2n) is 4.39. The summed E-state index contributed by atoms with van der Waals surface area (Å²) in [5.41, 5.74) is 8.58. The summed E-state index contributed by atoms with van der Waals surface area (Å²) in [4.78, 5) is 0. The van der Waals surface area contributed by atoms with Gasteiger partial charge in [0, 0.05) is 17.2 Å². The molecule has 0 aliphatic heterocycles. The Morgan fingerprint density at radius 2 is 1.71 bits per heavy atom. The summed E-state index contributed by atoms with van der Waals surface area (Å²) in [5.74, 6) is 1.97. The molecule has 94 valence electrons. The van der Waals surface area contributed by atoms with Gasteiger partial charge in [0.2, 0.25) is 0 Å². The van der Waals surface area contributed by atoms with Crippen molar-refractivity contribution in [2.45, 2.75) is 39.2 Å². The molecule has 1 aliphatic carbocycles. The molecule has 1 aliphatic rings. The highest BCUT2D eigenvalue weighted by Crippen LogP contribution is 2.35. The van der Waals surface area contributed by atoms with Gasteiger partial charge >= 0.3 is 0 Å². The number of ether oxygens (including phenoxy) is 2. The maximum Gasteiger partial charge on any atom is 0.123 e. The minimum atomic E-state index is 0.249. The van der Waals surface area contributed by atoms with E-state index < -0.39 is 0 Å². The summed E-state index contributed by atoms with van der Waals surface area (Å²) in [6, 6.07) is 4.27. The summed E-state index contributed by atoms with van der Waals surface area (Å²) >= 11 is 0. The van der Waals surface area contributed by atoms with Crippen LogP contribution in [0.3, 0.4) is 0 Å². The first-order valence-corrected chi connectivity index (χ1v) is 6.42. The van der Waals surface area contributed by atoms with E-state index in [1.54, 1.807) is 0 Å². The van der Waals surface area contributed by atoms with Crippen LogP contribution in [0.1, 0.15) is 31.4 Å². The Balaban J connectivity index is 2.39. The van der Waals surface area contributed by atoms with Crippen LogP contribution >= 0.6 is 0 Å². The number of hydrogen-bond donors (Lipinski definition) is 1. The fourth-order valence-electron chi connectivity index (χ4n) is 2.42. The highest BCUT2D eigenvalue weighted by atomic mass is 16.5. The summed E-state index contributed by atoms with van der Waals surface area (Å²) in [6.07, 6.45) is 2.92. The lowest BCUT2D eigenvalue weighted by Gasteiger charge is -2.25. The normalized spacial score (nSPS) is 18.6. The molecule has 0 spiro atoms. The Hall–Kier alpha value is -1.22. The SMILES string of the molecule is CCOc1ccc(OCC)c2c1CC[C@@H](N)C2. The highest BCUT2D eigenvalue weighted by Gasteiger charge is 2.22. The van der Waals surface area contributed by atoms with E-state index in [1.165, 1.54) is 11.1 Å². The Morgan fingerprint density at radius 3 is 2.29 bits per heavy atom. The molecule has 0 saturated heterocycles. The standard InChI is InChI=1S/C14H21NO2/c1-3-16-13-7-8-14(17-4-2)12-9-10(15)5-6-11(12)13/h7-8,10H,3-6,9,15H2,1-2H3/t10-/m1/s1. The van der Waals surface area contributed by atoms with Crippen LogP contribution in [-0.4, -0.2) is 19.3 Å². The van der Waals surface area contributed by atoms with Crippen LogP contribution in [0.5, 0.6) is 11.5 Å².